The molecule has 8 heteroatoms. The highest BCUT2D eigenvalue weighted by atomic mass is 35.5. The summed E-state index contributed by atoms with van der Waals surface area (Å²) in [6.45, 7) is 3.96. The van der Waals surface area contributed by atoms with Crippen molar-refractivity contribution < 1.29 is 24.3 Å². The molecule has 0 radical (unpaired) electrons. The molecule has 2 fully saturated rings. The molecule has 0 unspecified atom stereocenters. The number of anilines is 2. The van der Waals surface area contributed by atoms with Crippen molar-refractivity contribution in [3.05, 3.63) is 82.9 Å². The summed E-state index contributed by atoms with van der Waals surface area (Å²) in [7, 11) is 0. The van der Waals surface area contributed by atoms with Crippen molar-refractivity contribution in [1.82, 2.24) is 0 Å². The molecule has 2 heterocycles. The lowest BCUT2D eigenvalue weighted by molar-refractivity contribution is -0.126. The molecule has 7 nitrogen and oxygen atoms in total. The van der Waals surface area contributed by atoms with E-state index in [0.717, 1.165) is 0 Å². The average Bonchev–Trinajstić information content (AvgIpc) is 3.34. The Balaban J connectivity index is 1.61. The van der Waals surface area contributed by atoms with Gasteiger partial charge in [-0.3, -0.25) is 14.4 Å². The fraction of sp³-hybridized carbons (Fsp3) is 0.231. The topological polar surface area (TPSA) is 79.3 Å². The van der Waals surface area contributed by atoms with Crippen LogP contribution in [0, 0.1) is 12.8 Å². The van der Waals surface area contributed by atoms with Gasteiger partial charge in [0.2, 0.25) is 5.91 Å². The number of benzene rings is 3. The number of rotatable bonds is 5. The molecule has 0 spiro atoms. The lowest BCUT2D eigenvalue weighted by atomic mass is 9.90. The molecule has 3 aromatic rings. The zero-order valence-corrected chi connectivity index (χ0v) is 19.4. The number of hydroxylamine groups is 1. The van der Waals surface area contributed by atoms with Crippen LogP contribution in [-0.2, 0) is 14.4 Å². The Kier molecular flexibility index (Phi) is 5.67. The zero-order chi connectivity index (χ0) is 24.0. The maximum absolute atomic E-state index is 13.8. The quantitative estimate of drug-likeness (QED) is 0.530. The molecule has 1 N–H and O–H groups in total. The first-order valence-electron chi connectivity index (χ1n) is 11.0. The van der Waals surface area contributed by atoms with E-state index in [1.807, 2.05) is 37.3 Å². The van der Waals surface area contributed by atoms with Crippen LogP contribution in [0.2, 0.25) is 5.02 Å². The molecule has 0 bridgehead atoms. The fourth-order valence-corrected chi connectivity index (χ4v) is 4.78. The van der Waals surface area contributed by atoms with Crippen molar-refractivity contribution in [1.29, 1.82) is 0 Å². The van der Waals surface area contributed by atoms with E-state index < -0.39 is 24.0 Å². The second-order valence-electron chi connectivity index (χ2n) is 8.21. The number of imide groups is 1. The second kappa shape index (κ2) is 8.66. The summed E-state index contributed by atoms with van der Waals surface area (Å²) in [5, 5.41) is 12.3. The van der Waals surface area contributed by atoms with Gasteiger partial charge >= 0.3 is 0 Å². The van der Waals surface area contributed by atoms with Crippen LogP contribution in [0.25, 0.3) is 0 Å². The third-order valence-corrected chi connectivity index (χ3v) is 6.64. The largest absolute Gasteiger partial charge is 0.504 e. The number of fused-ring (bicyclic) bond motifs is 1. The summed E-state index contributed by atoms with van der Waals surface area (Å²) in [6, 6.07) is 18.7. The van der Waals surface area contributed by atoms with Crippen molar-refractivity contribution in [3.8, 4) is 11.5 Å². The predicted octanol–water partition coefficient (Wildman–Crippen LogP) is 4.80. The van der Waals surface area contributed by atoms with Gasteiger partial charge in [0.1, 0.15) is 5.92 Å². The number of halogens is 1. The molecule has 2 aliphatic heterocycles. The Hall–Kier alpha value is -3.55. The van der Waals surface area contributed by atoms with Gasteiger partial charge in [-0.05, 0) is 61.4 Å². The number of hydrogen-bond acceptors (Lipinski definition) is 6. The summed E-state index contributed by atoms with van der Waals surface area (Å²) in [6.07, 6.45) is -1.000. The van der Waals surface area contributed by atoms with Gasteiger partial charge in [-0.15, -0.1) is 0 Å². The van der Waals surface area contributed by atoms with Gasteiger partial charge in [0, 0.05) is 5.02 Å². The van der Waals surface area contributed by atoms with Crippen LogP contribution in [0.15, 0.2) is 66.7 Å². The molecule has 2 amide bonds. The van der Waals surface area contributed by atoms with Gasteiger partial charge < -0.3 is 9.84 Å². The van der Waals surface area contributed by atoms with Crippen LogP contribution in [0.4, 0.5) is 11.4 Å². The van der Waals surface area contributed by atoms with Crippen LogP contribution in [0.3, 0.4) is 0 Å². The maximum atomic E-state index is 13.8. The molecular formula is C26H23ClN2O5. The number of para-hydroxylation sites is 1. The highest BCUT2D eigenvalue weighted by molar-refractivity contribution is 6.32. The smallest absolute Gasteiger partial charge is 0.266 e. The Bertz CT molecular complexity index is 1270. The van der Waals surface area contributed by atoms with Gasteiger partial charge in [0.05, 0.1) is 24.0 Å². The lowest BCUT2D eigenvalue weighted by Gasteiger charge is -2.29. The standard InChI is InChI=1S/C26H23ClN2O5/c1-3-33-21-14-16(12-13-20(21)30)23-22-24(34-29(23)17-8-5-4-6-9-17)26(32)28(25(22)31)19-11-7-10-18(27)15(19)2/h4-14,22-24,30H,3H2,1-2H3/t22-,23-,24+/m1/s1. The van der Waals surface area contributed by atoms with Gasteiger partial charge in [-0.2, -0.15) is 0 Å². The number of hydrogen-bond donors (Lipinski definition) is 1. The van der Waals surface area contributed by atoms with Crippen molar-refractivity contribution in [3.63, 3.8) is 0 Å². The average molecular weight is 479 g/mol. The molecule has 2 saturated heterocycles. The number of carbonyl (C=O) groups excluding carboxylic acids is 2. The first kappa shape index (κ1) is 22.3. The normalized spacial score (nSPS) is 21.8. The highest BCUT2D eigenvalue weighted by Crippen LogP contribution is 2.49. The van der Waals surface area contributed by atoms with E-state index in [4.69, 9.17) is 21.2 Å². The third kappa shape index (κ3) is 3.48. The van der Waals surface area contributed by atoms with Crippen molar-refractivity contribution >= 4 is 34.8 Å². The number of aromatic hydroxyl groups is 1. The molecule has 0 saturated carbocycles. The van der Waals surface area contributed by atoms with Crippen LogP contribution in [-0.4, -0.2) is 29.6 Å². The predicted molar refractivity (Wildman–Crippen MR) is 128 cm³/mol. The van der Waals surface area contributed by atoms with E-state index >= 15 is 0 Å². The van der Waals surface area contributed by atoms with Gasteiger partial charge in [-0.1, -0.05) is 41.9 Å². The van der Waals surface area contributed by atoms with Crippen LogP contribution < -0.4 is 14.7 Å². The van der Waals surface area contributed by atoms with Crippen molar-refractivity contribution in [2.45, 2.75) is 26.0 Å². The molecule has 2 aliphatic rings. The molecule has 34 heavy (non-hydrogen) atoms. The first-order chi connectivity index (χ1) is 16.4. The van der Waals surface area contributed by atoms with Crippen LogP contribution in [0.1, 0.15) is 24.1 Å². The number of phenolic OH excluding ortho intramolecular Hbond substituents is 1. The third-order valence-electron chi connectivity index (χ3n) is 6.23. The zero-order valence-electron chi connectivity index (χ0n) is 18.6. The minimum absolute atomic E-state index is 0.00247. The molecule has 174 valence electrons. The molecule has 5 rings (SSSR count). The summed E-state index contributed by atoms with van der Waals surface area (Å²) in [5.74, 6) is -1.30. The summed E-state index contributed by atoms with van der Waals surface area (Å²) in [4.78, 5) is 34.6. The highest BCUT2D eigenvalue weighted by Gasteiger charge is 2.60. The maximum Gasteiger partial charge on any atom is 0.266 e. The minimum Gasteiger partial charge on any atom is -0.504 e. The van der Waals surface area contributed by atoms with E-state index in [0.29, 0.717) is 39.9 Å². The molecular weight excluding hydrogens is 456 g/mol. The van der Waals surface area contributed by atoms with Gasteiger partial charge in [0.15, 0.2) is 17.6 Å². The molecule has 0 aromatic heterocycles. The lowest BCUT2D eigenvalue weighted by Crippen LogP contribution is -2.37. The number of ether oxygens (including phenoxy) is 1. The molecule has 3 atom stereocenters. The number of carbonyl (C=O) groups is 2. The SMILES string of the molecule is CCOc1cc([C@@H]2[C@H]3C(=O)N(c4cccc(Cl)c4C)C(=O)[C@H]3ON2c2ccccc2)ccc1O. The number of amides is 2. The monoisotopic (exact) mass is 478 g/mol. The summed E-state index contributed by atoms with van der Waals surface area (Å²) >= 11 is 6.27. The van der Waals surface area contributed by atoms with E-state index in [-0.39, 0.29) is 11.7 Å². The second-order valence-corrected chi connectivity index (χ2v) is 8.62. The van der Waals surface area contributed by atoms with Gasteiger partial charge in [-0.25, -0.2) is 9.96 Å². The molecule has 0 aliphatic carbocycles. The van der Waals surface area contributed by atoms with Gasteiger partial charge in [0.25, 0.3) is 5.91 Å². The Morgan fingerprint density at radius 3 is 2.53 bits per heavy atom. The Morgan fingerprint density at radius 1 is 1.03 bits per heavy atom. The van der Waals surface area contributed by atoms with E-state index in [1.54, 1.807) is 42.3 Å². The molecule has 3 aromatic carbocycles. The Morgan fingerprint density at radius 2 is 1.79 bits per heavy atom. The summed E-state index contributed by atoms with van der Waals surface area (Å²) < 4.78 is 5.57. The van der Waals surface area contributed by atoms with Crippen LogP contribution >= 0.6 is 11.6 Å². The number of phenols is 1. The first-order valence-corrected chi connectivity index (χ1v) is 11.4. The van der Waals surface area contributed by atoms with E-state index in [9.17, 15) is 14.7 Å². The minimum atomic E-state index is -1.000. The van der Waals surface area contributed by atoms with E-state index in [1.165, 1.54) is 11.0 Å². The van der Waals surface area contributed by atoms with Crippen LogP contribution in [0.5, 0.6) is 11.5 Å². The van der Waals surface area contributed by atoms with E-state index in [2.05, 4.69) is 0 Å². The number of nitrogens with zero attached hydrogens (tertiary/aromatic N) is 2. The van der Waals surface area contributed by atoms with Crippen molar-refractivity contribution in [2.24, 2.45) is 5.92 Å². The Labute approximate surface area is 202 Å². The fourth-order valence-electron chi connectivity index (χ4n) is 4.61. The van der Waals surface area contributed by atoms with Crippen molar-refractivity contribution in [2.75, 3.05) is 16.6 Å². The summed E-state index contributed by atoms with van der Waals surface area (Å²) in [5.41, 5.74) is 2.49.